The van der Waals surface area contributed by atoms with E-state index in [-0.39, 0.29) is 19.1 Å². The SMILES string of the molecule is CCOC(=O)C(C(=O)NCC(=O)NCC(C)C)C(C)(C)C. The van der Waals surface area contributed by atoms with Crippen molar-refractivity contribution in [2.45, 2.75) is 41.5 Å². The Labute approximate surface area is 127 Å². The van der Waals surface area contributed by atoms with Gasteiger partial charge in [0, 0.05) is 6.54 Å². The number of carbonyl (C=O) groups excluding carboxylic acids is 3. The third-order valence-electron chi connectivity index (χ3n) is 2.78. The van der Waals surface area contributed by atoms with Gasteiger partial charge >= 0.3 is 5.97 Å². The van der Waals surface area contributed by atoms with Crippen molar-refractivity contribution >= 4 is 17.8 Å². The summed E-state index contributed by atoms with van der Waals surface area (Å²) in [7, 11) is 0. The summed E-state index contributed by atoms with van der Waals surface area (Å²) >= 11 is 0. The summed E-state index contributed by atoms with van der Waals surface area (Å²) in [5.41, 5.74) is -0.579. The van der Waals surface area contributed by atoms with E-state index in [0.717, 1.165) is 0 Å². The van der Waals surface area contributed by atoms with Gasteiger partial charge in [-0.1, -0.05) is 34.6 Å². The van der Waals surface area contributed by atoms with Crippen LogP contribution in [-0.4, -0.2) is 37.5 Å². The average molecular weight is 300 g/mol. The van der Waals surface area contributed by atoms with Crippen molar-refractivity contribution in [1.29, 1.82) is 0 Å². The van der Waals surface area contributed by atoms with Crippen molar-refractivity contribution in [1.82, 2.24) is 10.6 Å². The second kappa shape index (κ2) is 8.64. The molecule has 1 unspecified atom stereocenters. The molecular formula is C15H28N2O4. The molecule has 1 atom stereocenters. The van der Waals surface area contributed by atoms with E-state index in [4.69, 9.17) is 4.74 Å². The Kier molecular flexibility index (Phi) is 7.99. The first-order chi connectivity index (χ1) is 9.59. The fraction of sp³-hybridized carbons (Fsp3) is 0.800. The molecule has 0 aromatic rings. The second-order valence-corrected chi connectivity index (χ2v) is 6.47. The van der Waals surface area contributed by atoms with Gasteiger partial charge in [-0.25, -0.2) is 0 Å². The Bertz CT molecular complexity index is 372. The first-order valence-corrected chi connectivity index (χ1v) is 7.30. The van der Waals surface area contributed by atoms with Crippen LogP contribution in [0.5, 0.6) is 0 Å². The number of amides is 2. The van der Waals surface area contributed by atoms with E-state index in [0.29, 0.717) is 12.5 Å². The molecule has 0 saturated carbocycles. The normalized spacial score (nSPS) is 12.7. The fourth-order valence-corrected chi connectivity index (χ4v) is 1.73. The number of carbonyl (C=O) groups is 3. The zero-order chi connectivity index (χ0) is 16.6. The maximum Gasteiger partial charge on any atom is 0.319 e. The van der Waals surface area contributed by atoms with Crippen LogP contribution in [-0.2, 0) is 19.1 Å². The number of hydrogen-bond donors (Lipinski definition) is 2. The van der Waals surface area contributed by atoms with Crippen molar-refractivity contribution in [3.63, 3.8) is 0 Å². The van der Waals surface area contributed by atoms with Gasteiger partial charge in [0.05, 0.1) is 13.2 Å². The third-order valence-corrected chi connectivity index (χ3v) is 2.78. The van der Waals surface area contributed by atoms with Crippen LogP contribution in [0.2, 0.25) is 0 Å². The summed E-state index contributed by atoms with van der Waals surface area (Å²) in [6, 6.07) is 0. The van der Waals surface area contributed by atoms with Gasteiger partial charge in [0.15, 0.2) is 0 Å². The smallest absolute Gasteiger partial charge is 0.319 e. The van der Waals surface area contributed by atoms with Crippen LogP contribution in [0, 0.1) is 17.3 Å². The standard InChI is InChI=1S/C15H28N2O4/c1-7-21-14(20)12(15(4,5)6)13(19)17-9-11(18)16-8-10(2)3/h10,12H,7-9H2,1-6H3,(H,16,18)(H,17,19). The minimum atomic E-state index is -0.935. The molecule has 0 aliphatic rings. The molecule has 0 radical (unpaired) electrons. The number of ether oxygens (including phenoxy) is 1. The molecule has 0 bridgehead atoms. The highest BCUT2D eigenvalue weighted by molar-refractivity contribution is 5.99. The second-order valence-electron chi connectivity index (χ2n) is 6.47. The van der Waals surface area contributed by atoms with Gasteiger partial charge in [-0.05, 0) is 18.3 Å². The molecule has 122 valence electrons. The lowest BCUT2D eigenvalue weighted by Crippen LogP contribution is -2.46. The summed E-state index contributed by atoms with van der Waals surface area (Å²) in [4.78, 5) is 35.6. The molecule has 0 aliphatic carbocycles. The summed E-state index contributed by atoms with van der Waals surface area (Å²) in [5, 5.41) is 5.20. The lowest BCUT2D eigenvalue weighted by Gasteiger charge is -2.27. The average Bonchev–Trinajstić information content (AvgIpc) is 2.32. The Balaban J connectivity index is 4.56. The first-order valence-electron chi connectivity index (χ1n) is 7.30. The summed E-state index contributed by atoms with van der Waals surface area (Å²) < 4.78 is 4.94. The van der Waals surface area contributed by atoms with E-state index < -0.39 is 23.2 Å². The molecule has 0 aromatic heterocycles. The fourth-order valence-electron chi connectivity index (χ4n) is 1.73. The van der Waals surface area contributed by atoms with Crippen molar-refractivity contribution in [3.8, 4) is 0 Å². The van der Waals surface area contributed by atoms with Crippen LogP contribution >= 0.6 is 0 Å². The molecule has 6 heteroatoms. The molecule has 0 spiro atoms. The summed E-state index contributed by atoms with van der Waals surface area (Å²) in [5.74, 6) is -1.92. The molecule has 2 amide bonds. The number of esters is 1. The zero-order valence-electron chi connectivity index (χ0n) is 13.9. The highest BCUT2D eigenvalue weighted by Gasteiger charge is 2.38. The van der Waals surface area contributed by atoms with Crippen molar-refractivity contribution in [3.05, 3.63) is 0 Å². The van der Waals surface area contributed by atoms with Gasteiger partial charge in [0.25, 0.3) is 0 Å². The topological polar surface area (TPSA) is 84.5 Å². The van der Waals surface area contributed by atoms with Gasteiger partial charge in [0.2, 0.25) is 11.8 Å². The van der Waals surface area contributed by atoms with E-state index in [1.54, 1.807) is 27.7 Å². The molecule has 6 nitrogen and oxygen atoms in total. The van der Waals surface area contributed by atoms with Crippen LogP contribution in [0.25, 0.3) is 0 Å². The maximum atomic E-state index is 12.2. The van der Waals surface area contributed by atoms with Crippen LogP contribution in [0.4, 0.5) is 0 Å². The predicted molar refractivity (Wildman–Crippen MR) is 80.4 cm³/mol. The minimum Gasteiger partial charge on any atom is -0.465 e. The largest absolute Gasteiger partial charge is 0.465 e. The van der Waals surface area contributed by atoms with E-state index in [1.165, 1.54) is 0 Å². The summed E-state index contributed by atoms with van der Waals surface area (Å²) in [6.07, 6.45) is 0. The molecule has 0 aromatic carbocycles. The number of nitrogens with one attached hydrogen (secondary N) is 2. The maximum absolute atomic E-state index is 12.2. The van der Waals surface area contributed by atoms with Crippen molar-refractivity contribution in [2.24, 2.45) is 17.3 Å². The van der Waals surface area contributed by atoms with E-state index in [1.807, 2.05) is 13.8 Å². The highest BCUT2D eigenvalue weighted by atomic mass is 16.5. The Morgan fingerprint density at radius 1 is 1.10 bits per heavy atom. The molecule has 0 rings (SSSR count). The molecular weight excluding hydrogens is 272 g/mol. The molecule has 0 heterocycles. The van der Waals surface area contributed by atoms with Crippen LogP contribution < -0.4 is 10.6 Å². The molecule has 2 N–H and O–H groups in total. The Morgan fingerprint density at radius 2 is 1.67 bits per heavy atom. The zero-order valence-corrected chi connectivity index (χ0v) is 13.9. The van der Waals surface area contributed by atoms with E-state index in [2.05, 4.69) is 10.6 Å². The molecule has 0 fully saturated rings. The van der Waals surface area contributed by atoms with Crippen LogP contribution in [0.15, 0.2) is 0 Å². The Morgan fingerprint density at radius 3 is 2.10 bits per heavy atom. The first kappa shape index (κ1) is 19.4. The minimum absolute atomic E-state index is 0.141. The van der Waals surface area contributed by atoms with Gasteiger partial charge < -0.3 is 15.4 Å². The van der Waals surface area contributed by atoms with Crippen LogP contribution in [0.3, 0.4) is 0 Å². The van der Waals surface area contributed by atoms with E-state index in [9.17, 15) is 14.4 Å². The van der Waals surface area contributed by atoms with Gasteiger partial charge in [-0.15, -0.1) is 0 Å². The monoisotopic (exact) mass is 300 g/mol. The van der Waals surface area contributed by atoms with Gasteiger partial charge in [-0.2, -0.15) is 0 Å². The van der Waals surface area contributed by atoms with Gasteiger partial charge in [-0.3, -0.25) is 14.4 Å². The lowest BCUT2D eigenvalue weighted by atomic mass is 9.80. The predicted octanol–water partition coefficient (Wildman–Crippen LogP) is 1.10. The van der Waals surface area contributed by atoms with Crippen LogP contribution in [0.1, 0.15) is 41.5 Å². The highest BCUT2D eigenvalue weighted by Crippen LogP contribution is 2.27. The molecule has 21 heavy (non-hydrogen) atoms. The number of hydrogen-bond acceptors (Lipinski definition) is 4. The van der Waals surface area contributed by atoms with Crippen molar-refractivity contribution < 1.29 is 19.1 Å². The van der Waals surface area contributed by atoms with Crippen molar-refractivity contribution in [2.75, 3.05) is 19.7 Å². The van der Waals surface area contributed by atoms with E-state index >= 15 is 0 Å². The van der Waals surface area contributed by atoms with Gasteiger partial charge in [0.1, 0.15) is 5.92 Å². The molecule has 0 saturated heterocycles. The Hall–Kier alpha value is -1.59. The lowest BCUT2D eigenvalue weighted by molar-refractivity contribution is -0.157. The quantitative estimate of drug-likeness (QED) is 0.545. The molecule has 0 aliphatic heterocycles. The summed E-state index contributed by atoms with van der Waals surface area (Å²) in [6.45, 7) is 11.6. The number of rotatable bonds is 7. The third kappa shape index (κ3) is 7.68.